The average Bonchev–Trinajstić information content (AvgIpc) is 2.78. The second-order valence-electron chi connectivity index (χ2n) is 7.34. The van der Waals surface area contributed by atoms with Crippen molar-refractivity contribution < 1.29 is 32.4 Å². The summed E-state index contributed by atoms with van der Waals surface area (Å²) < 4.78 is 40.6. The number of nitro benzene ring substituents is 1. The van der Waals surface area contributed by atoms with Crippen LogP contribution in [0, 0.1) is 10.1 Å². The van der Waals surface area contributed by atoms with Crippen LogP contribution < -0.4 is 10.1 Å². The summed E-state index contributed by atoms with van der Waals surface area (Å²) in [5.41, 5.74) is 0.689. The van der Waals surface area contributed by atoms with Crippen LogP contribution >= 0.6 is 0 Å². The lowest BCUT2D eigenvalue weighted by Crippen LogP contribution is -2.50. The van der Waals surface area contributed by atoms with Crippen LogP contribution in [0.2, 0.25) is 0 Å². The molecule has 12 heteroatoms. The van der Waals surface area contributed by atoms with Gasteiger partial charge in [0.2, 0.25) is 5.91 Å². The summed E-state index contributed by atoms with van der Waals surface area (Å²) in [6.45, 7) is 2.26. The van der Waals surface area contributed by atoms with Crippen molar-refractivity contribution in [1.82, 2.24) is 15.1 Å². The predicted octanol–water partition coefficient (Wildman–Crippen LogP) is 2.57. The second kappa shape index (κ2) is 10.3. The number of hydrogen-bond acceptors (Lipinski definition) is 6. The van der Waals surface area contributed by atoms with Crippen LogP contribution in [0.25, 0.3) is 0 Å². The Bertz CT molecular complexity index is 1010. The number of rotatable bonds is 7. The number of ether oxygens (including phenoxy) is 1. The number of nitro groups is 1. The van der Waals surface area contributed by atoms with Crippen molar-refractivity contribution in [3.63, 3.8) is 0 Å². The van der Waals surface area contributed by atoms with Gasteiger partial charge in [-0.15, -0.1) is 13.2 Å². The molecule has 176 valence electrons. The van der Waals surface area contributed by atoms with Crippen molar-refractivity contribution in [2.75, 3.05) is 32.7 Å². The summed E-state index contributed by atoms with van der Waals surface area (Å²) in [6.07, 6.45) is -4.73. The monoisotopic (exact) mass is 466 g/mol. The molecule has 33 heavy (non-hydrogen) atoms. The molecule has 0 unspecified atom stereocenters. The third-order valence-corrected chi connectivity index (χ3v) is 5.01. The molecule has 1 N–H and O–H groups in total. The zero-order valence-corrected chi connectivity index (χ0v) is 17.4. The van der Waals surface area contributed by atoms with Gasteiger partial charge < -0.3 is 15.0 Å². The van der Waals surface area contributed by atoms with Gasteiger partial charge in [-0.05, 0) is 23.8 Å². The Balaban J connectivity index is 1.43. The van der Waals surface area contributed by atoms with Crippen molar-refractivity contribution >= 4 is 17.5 Å². The van der Waals surface area contributed by atoms with E-state index in [0.717, 1.165) is 11.6 Å². The summed E-state index contributed by atoms with van der Waals surface area (Å²) in [7, 11) is 0. The topological polar surface area (TPSA) is 105 Å². The van der Waals surface area contributed by atoms with E-state index < -0.39 is 17.2 Å². The number of alkyl halides is 3. The summed E-state index contributed by atoms with van der Waals surface area (Å²) in [5, 5.41) is 13.3. The number of non-ortho nitro benzene ring substituents is 1. The van der Waals surface area contributed by atoms with Crippen LogP contribution in [0.15, 0.2) is 48.5 Å². The molecule has 3 rings (SSSR count). The molecule has 1 aliphatic heterocycles. The second-order valence-corrected chi connectivity index (χ2v) is 7.34. The van der Waals surface area contributed by atoms with Gasteiger partial charge in [0.25, 0.3) is 11.6 Å². The summed E-state index contributed by atoms with van der Waals surface area (Å²) in [4.78, 5) is 38.5. The number of hydrogen-bond donors (Lipinski definition) is 1. The molecule has 0 saturated carbocycles. The van der Waals surface area contributed by atoms with Crippen LogP contribution in [0.1, 0.15) is 15.9 Å². The van der Waals surface area contributed by atoms with Gasteiger partial charge in [0.15, 0.2) is 0 Å². The first-order chi connectivity index (χ1) is 15.6. The lowest BCUT2D eigenvalue weighted by atomic mass is 10.2. The number of benzene rings is 2. The molecule has 0 spiro atoms. The number of amides is 2. The first kappa shape index (κ1) is 24.0. The Labute approximate surface area is 186 Å². The van der Waals surface area contributed by atoms with Crippen molar-refractivity contribution in [2.45, 2.75) is 12.9 Å². The molecule has 0 bridgehead atoms. The standard InChI is InChI=1S/C21H21F3N4O5/c22-21(23,24)33-18-6-4-15(5-7-18)14-26-8-10-27(11-9-26)19(29)13-25-20(30)16-2-1-3-17(12-16)28(31)32/h1-7,12H,8-11,13-14H2,(H,25,30). The van der Waals surface area contributed by atoms with Crippen LogP contribution in [0.3, 0.4) is 0 Å². The summed E-state index contributed by atoms with van der Waals surface area (Å²) >= 11 is 0. The van der Waals surface area contributed by atoms with Gasteiger partial charge >= 0.3 is 6.36 Å². The zero-order chi connectivity index (χ0) is 24.0. The van der Waals surface area contributed by atoms with E-state index in [4.69, 9.17) is 0 Å². The van der Waals surface area contributed by atoms with Crippen molar-refractivity contribution in [3.05, 3.63) is 69.8 Å². The van der Waals surface area contributed by atoms with E-state index in [-0.39, 0.29) is 29.5 Å². The third-order valence-electron chi connectivity index (χ3n) is 5.01. The molecular formula is C21H21F3N4O5. The van der Waals surface area contributed by atoms with Crippen LogP contribution in [-0.4, -0.2) is 65.6 Å². The van der Waals surface area contributed by atoms with E-state index in [2.05, 4.69) is 15.0 Å². The van der Waals surface area contributed by atoms with Gasteiger partial charge in [-0.3, -0.25) is 24.6 Å². The maximum absolute atomic E-state index is 12.4. The van der Waals surface area contributed by atoms with Crippen molar-refractivity contribution in [2.24, 2.45) is 0 Å². The fourth-order valence-electron chi connectivity index (χ4n) is 3.34. The lowest BCUT2D eigenvalue weighted by Gasteiger charge is -2.34. The molecular weight excluding hydrogens is 445 g/mol. The molecule has 9 nitrogen and oxygen atoms in total. The summed E-state index contributed by atoms with van der Waals surface area (Å²) in [6, 6.07) is 10.9. The van der Waals surface area contributed by atoms with Gasteiger partial charge in [-0.25, -0.2) is 0 Å². The minimum atomic E-state index is -4.73. The number of carbonyl (C=O) groups excluding carboxylic acids is 2. The highest BCUT2D eigenvalue weighted by Gasteiger charge is 2.31. The maximum atomic E-state index is 12.4. The van der Waals surface area contributed by atoms with Gasteiger partial charge in [0, 0.05) is 50.4 Å². The highest BCUT2D eigenvalue weighted by molar-refractivity contribution is 5.96. The van der Waals surface area contributed by atoms with E-state index in [9.17, 15) is 32.9 Å². The first-order valence-corrected chi connectivity index (χ1v) is 9.98. The minimum absolute atomic E-state index is 0.0912. The van der Waals surface area contributed by atoms with Gasteiger partial charge in [0.05, 0.1) is 11.5 Å². The molecule has 0 radical (unpaired) electrons. The van der Waals surface area contributed by atoms with E-state index in [1.807, 2.05) is 0 Å². The largest absolute Gasteiger partial charge is 0.573 e. The number of halogens is 3. The van der Waals surface area contributed by atoms with Gasteiger partial charge in [-0.2, -0.15) is 0 Å². The van der Waals surface area contributed by atoms with Crippen LogP contribution in [0.4, 0.5) is 18.9 Å². The number of piperazine rings is 1. The molecule has 0 atom stereocenters. The third kappa shape index (κ3) is 7.17. The van der Waals surface area contributed by atoms with Gasteiger partial charge in [0.1, 0.15) is 5.75 Å². The number of nitrogens with one attached hydrogen (secondary N) is 1. The highest BCUT2D eigenvalue weighted by Crippen LogP contribution is 2.23. The fraction of sp³-hybridized carbons (Fsp3) is 0.333. The smallest absolute Gasteiger partial charge is 0.406 e. The fourth-order valence-corrected chi connectivity index (χ4v) is 3.34. The molecule has 2 aromatic carbocycles. The number of nitrogens with zero attached hydrogens (tertiary/aromatic N) is 3. The van der Waals surface area contributed by atoms with Crippen molar-refractivity contribution in [1.29, 1.82) is 0 Å². The minimum Gasteiger partial charge on any atom is -0.406 e. The van der Waals surface area contributed by atoms with E-state index in [1.54, 1.807) is 17.0 Å². The normalized spacial score (nSPS) is 14.6. The van der Waals surface area contributed by atoms with E-state index >= 15 is 0 Å². The molecule has 2 amide bonds. The Kier molecular flexibility index (Phi) is 7.48. The molecule has 0 aliphatic carbocycles. The first-order valence-electron chi connectivity index (χ1n) is 9.98. The summed E-state index contributed by atoms with van der Waals surface area (Å²) in [5.74, 6) is -1.14. The average molecular weight is 466 g/mol. The van der Waals surface area contributed by atoms with E-state index in [0.29, 0.717) is 32.7 Å². The number of carbonyl (C=O) groups is 2. The van der Waals surface area contributed by atoms with Crippen molar-refractivity contribution in [3.8, 4) is 5.75 Å². The molecule has 0 aromatic heterocycles. The predicted molar refractivity (Wildman–Crippen MR) is 110 cm³/mol. The molecule has 1 heterocycles. The van der Waals surface area contributed by atoms with Crippen LogP contribution in [-0.2, 0) is 11.3 Å². The van der Waals surface area contributed by atoms with Crippen LogP contribution in [0.5, 0.6) is 5.75 Å². The Morgan fingerprint density at radius 1 is 1.06 bits per heavy atom. The molecule has 1 saturated heterocycles. The Hall–Kier alpha value is -3.67. The molecule has 2 aromatic rings. The maximum Gasteiger partial charge on any atom is 0.573 e. The Morgan fingerprint density at radius 2 is 1.73 bits per heavy atom. The molecule has 1 aliphatic rings. The quantitative estimate of drug-likeness (QED) is 0.497. The Morgan fingerprint density at radius 3 is 2.33 bits per heavy atom. The lowest BCUT2D eigenvalue weighted by molar-refractivity contribution is -0.384. The SMILES string of the molecule is O=C(NCC(=O)N1CCN(Cc2ccc(OC(F)(F)F)cc2)CC1)c1cccc([N+](=O)[O-])c1. The van der Waals surface area contributed by atoms with E-state index in [1.165, 1.54) is 30.3 Å². The highest BCUT2D eigenvalue weighted by atomic mass is 19.4. The molecule has 1 fully saturated rings. The van der Waals surface area contributed by atoms with Gasteiger partial charge in [-0.1, -0.05) is 18.2 Å². The zero-order valence-electron chi connectivity index (χ0n) is 17.4.